The minimum absolute atomic E-state index is 0.177. The van der Waals surface area contributed by atoms with Crippen molar-refractivity contribution in [1.82, 2.24) is 20.6 Å². The van der Waals surface area contributed by atoms with Crippen molar-refractivity contribution in [3.63, 3.8) is 0 Å². The molecule has 0 aliphatic carbocycles. The molecule has 2 rings (SSSR count). The summed E-state index contributed by atoms with van der Waals surface area (Å²) in [6, 6.07) is 6.92. The Morgan fingerprint density at radius 2 is 2.26 bits per heavy atom. The number of nitriles is 1. The van der Waals surface area contributed by atoms with Crippen molar-refractivity contribution < 1.29 is 14.3 Å². The van der Waals surface area contributed by atoms with Crippen molar-refractivity contribution >= 4 is 23.0 Å². The number of hydrogen-bond acceptors (Lipinski definition) is 8. The Morgan fingerprint density at radius 3 is 2.87 bits per heavy atom. The molecule has 10 nitrogen and oxygen atoms in total. The van der Waals surface area contributed by atoms with Crippen LogP contribution in [-0.4, -0.2) is 40.9 Å². The number of aromatic nitrogens is 4. The fourth-order valence-corrected chi connectivity index (χ4v) is 1.62. The van der Waals surface area contributed by atoms with Gasteiger partial charge in [-0.2, -0.15) is 10.5 Å². The van der Waals surface area contributed by atoms with E-state index in [1.807, 2.05) is 6.07 Å². The lowest BCUT2D eigenvalue weighted by Gasteiger charge is -2.11. The van der Waals surface area contributed by atoms with Crippen LogP contribution in [0.3, 0.4) is 0 Å². The number of methoxy groups -OCH3 is 2. The zero-order valence-corrected chi connectivity index (χ0v) is 12.3. The smallest absolute Gasteiger partial charge is 0.411 e. The zero-order chi connectivity index (χ0) is 16.7. The minimum Gasteiger partial charge on any atom is -0.494 e. The molecule has 0 unspecified atom stereocenters. The number of carbonyl (C=O) groups excluding carboxylic acids is 1. The third-order valence-corrected chi connectivity index (χ3v) is 2.71. The van der Waals surface area contributed by atoms with Crippen LogP contribution in [0.2, 0.25) is 0 Å². The highest BCUT2D eigenvalue weighted by molar-refractivity contribution is 5.87. The van der Waals surface area contributed by atoms with Crippen LogP contribution in [-0.2, 0) is 4.74 Å². The third-order valence-electron chi connectivity index (χ3n) is 2.71. The van der Waals surface area contributed by atoms with Crippen molar-refractivity contribution in [2.75, 3.05) is 24.9 Å². The first-order valence-electron chi connectivity index (χ1n) is 6.31. The number of nitrogens with zero attached hydrogens (tertiary/aromatic N) is 4. The standard InChI is InChI=1S/C13H13N7O3/c1-22-11-5-9(3-4-10(11)16-13(21)23-2)15-7-8(6-14)12-17-19-20-18-12/h3-5,7,15H,1-2H3,(H,16,21)(H,17,18,19,20). The number of tetrazole rings is 1. The molecule has 1 aromatic heterocycles. The summed E-state index contributed by atoms with van der Waals surface area (Å²) in [5.41, 5.74) is 1.29. The first-order chi connectivity index (χ1) is 11.2. The first kappa shape index (κ1) is 15.8. The highest BCUT2D eigenvalue weighted by atomic mass is 16.5. The van der Waals surface area contributed by atoms with Crippen LogP contribution in [0.15, 0.2) is 24.4 Å². The maximum atomic E-state index is 11.2. The summed E-state index contributed by atoms with van der Waals surface area (Å²) in [6.07, 6.45) is 0.834. The second-order valence-electron chi connectivity index (χ2n) is 4.08. The first-order valence-corrected chi connectivity index (χ1v) is 6.31. The van der Waals surface area contributed by atoms with Gasteiger partial charge in [-0.1, -0.05) is 0 Å². The highest BCUT2D eigenvalue weighted by Crippen LogP contribution is 2.28. The number of rotatable bonds is 5. The van der Waals surface area contributed by atoms with Crippen molar-refractivity contribution in [3.05, 3.63) is 30.2 Å². The van der Waals surface area contributed by atoms with Crippen molar-refractivity contribution in [2.24, 2.45) is 0 Å². The maximum absolute atomic E-state index is 11.2. The maximum Gasteiger partial charge on any atom is 0.411 e. The molecular weight excluding hydrogens is 302 g/mol. The highest BCUT2D eigenvalue weighted by Gasteiger charge is 2.09. The topological polar surface area (TPSA) is 138 Å². The summed E-state index contributed by atoms with van der Waals surface area (Å²) in [5.74, 6) is 0.600. The number of benzene rings is 1. The van der Waals surface area contributed by atoms with Crippen LogP contribution < -0.4 is 15.4 Å². The summed E-state index contributed by atoms with van der Waals surface area (Å²) in [7, 11) is 2.74. The van der Waals surface area contributed by atoms with Crippen molar-refractivity contribution in [3.8, 4) is 11.8 Å². The third kappa shape index (κ3) is 3.94. The molecule has 10 heteroatoms. The van der Waals surface area contributed by atoms with Gasteiger partial charge in [0.1, 0.15) is 17.4 Å². The van der Waals surface area contributed by atoms with Crippen molar-refractivity contribution in [1.29, 1.82) is 5.26 Å². The van der Waals surface area contributed by atoms with Gasteiger partial charge in [0.25, 0.3) is 0 Å². The van der Waals surface area contributed by atoms with E-state index in [2.05, 4.69) is 36.0 Å². The van der Waals surface area contributed by atoms with Gasteiger partial charge in [-0.25, -0.2) is 4.79 Å². The van der Waals surface area contributed by atoms with Crippen LogP contribution in [0, 0.1) is 11.3 Å². The Labute approximate surface area is 131 Å². The molecule has 0 bridgehead atoms. The zero-order valence-electron chi connectivity index (χ0n) is 12.3. The Bertz CT molecular complexity index is 749. The molecule has 0 aliphatic rings. The summed E-state index contributed by atoms with van der Waals surface area (Å²) in [5, 5.41) is 27.6. The van der Waals surface area contributed by atoms with Gasteiger partial charge in [0.05, 0.1) is 19.9 Å². The Hall–Kier alpha value is -3.61. The van der Waals surface area contributed by atoms with Gasteiger partial charge in [-0.15, -0.1) is 10.2 Å². The number of allylic oxidation sites excluding steroid dienone is 1. The number of aromatic amines is 1. The van der Waals surface area contributed by atoms with Crippen LogP contribution in [0.25, 0.3) is 5.57 Å². The monoisotopic (exact) mass is 315 g/mol. The Balaban J connectivity index is 2.18. The van der Waals surface area contributed by atoms with E-state index in [0.717, 1.165) is 0 Å². The van der Waals surface area contributed by atoms with Gasteiger partial charge >= 0.3 is 6.09 Å². The van der Waals surface area contributed by atoms with E-state index < -0.39 is 6.09 Å². The average Bonchev–Trinajstić information content (AvgIpc) is 3.10. The van der Waals surface area contributed by atoms with Gasteiger partial charge in [0.15, 0.2) is 0 Å². The predicted octanol–water partition coefficient (Wildman–Crippen LogP) is 1.36. The van der Waals surface area contributed by atoms with Crippen molar-refractivity contribution in [2.45, 2.75) is 0 Å². The number of nitrogens with one attached hydrogen (secondary N) is 3. The van der Waals surface area contributed by atoms with E-state index in [1.165, 1.54) is 20.4 Å². The predicted molar refractivity (Wildman–Crippen MR) is 80.4 cm³/mol. The van der Waals surface area contributed by atoms with E-state index in [9.17, 15) is 4.79 Å². The molecule has 23 heavy (non-hydrogen) atoms. The quantitative estimate of drug-likeness (QED) is 0.703. The average molecular weight is 315 g/mol. The number of H-pyrrole nitrogens is 1. The molecule has 118 valence electrons. The largest absolute Gasteiger partial charge is 0.494 e. The van der Waals surface area contributed by atoms with E-state index in [-0.39, 0.29) is 11.4 Å². The van der Waals surface area contributed by atoms with Gasteiger partial charge in [0, 0.05) is 18.0 Å². The van der Waals surface area contributed by atoms with Gasteiger partial charge < -0.3 is 14.8 Å². The van der Waals surface area contributed by atoms with Gasteiger partial charge in [-0.3, -0.25) is 5.32 Å². The lowest BCUT2D eigenvalue weighted by atomic mass is 10.2. The molecule has 3 N–H and O–H groups in total. The van der Waals surface area contributed by atoms with E-state index in [1.54, 1.807) is 18.2 Å². The molecule has 0 atom stereocenters. The number of anilines is 2. The van der Waals surface area contributed by atoms with E-state index >= 15 is 0 Å². The lowest BCUT2D eigenvalue weighted by Crippen LogP contribution is -2.11. The number of hydrogen-bond donors (Lipinski definition) is 3. The fourth-order valence-electron chi connectivity index (χ4n) is 1.62. The molecule has 0 radical (unpaired) electrons. The molecule has 0 fully saturated rings. The molecule has 1 aromatic carbocycles. The summed E-state index contributed by atoms with van der Waals surface area (Å²) in [4.78, 5) is 11.2. The fraction of sp³-hybridized carbons (Fsp3) is 0.154. The second-order valence-corrected chi connectivity index (χ2v) is 4.08. The normalized spacial score (nSPS) is 10.6. The molecular formula is C13H13N7O3. The summed E-state index contributed by atoms with van der Waals surface area (Å²) < 4.78 is 9.73. The van der Waals surface area contributed by atoms with Gasteiger partial charge in [-0.05, 0) is 17.3 Å². The summed E-state index contributed by atoms with van der Waals surface area (Å²) in [6.45, 7) is 0. The van der Waals surface area contributed by atoms with Gasteiger partial charge in [0.2, 0.25) is 5.82 Å². The molecule has 1 amide bonds. The molecule has 1 heterocycles. The lowest BCUT2D eigenvalue weighted by molar-refractivity contribution is 0.187. The second kappa shape index (κ2) is 7.41. The number of ether oxygens (including phenoxy) is 2. The van der Waals surface area contributed by atoms with Crippen LogP contribution in [0.1, 0.15) is 5.82 Å². The molecule has 0 spiro atoms. The van der Waals surface area contributed by atoms with Crippen LogP contribution in [0.4, 0.5) is 16.2 Å². The SMILES string of the molecule is COC(=O)Nc1ccc(NC=C(C#N)c2nn[nH]n2)cc1OC. The number of amides is 1. The Morgan fingerprint density at radius 1 is 1.43 bits per heavy atom. The number of carbonyl (C=O) groups is 1. The summed E-state index contributed by atoms with van der Waals surface area (Å²) >= 11 is 0. The molecule has 0 saturated heterocycles. The molecule has 0 saturated carbocycles. The van der Waals surface area contributed by atoms with Crippen LogP contribution >= 0.6 is 0 Å². The minimum atomic E-state index is -0.604. The Kier molecular flexibility index (Phi) is 5.08. The molecule has 0 aliphatic heterocycles. The van der Waals surface area contributed by atoms with Crippen LogP contribution in [0.5, 0.6) is 5.75 Å². The molecule has 2 aromatic rings. The van der Waals surface area contributed by atoms with E-state index in [0.29, 0.717) is 17.1 Å². The van der Waals surface area contributed by atoms with E-state index in [4.69, 9.17) is 10.00 Å².